The van der Waals surface area contributed by atoms with Crippen LogP contribution in [0.1, 0.15) is 13.3 Å². The van der Waals surface area contributed by atoms with E-state index in [1.54, 1.807) is 14.1 Å². The normalized spacial score (nSPS) is 20.9. The van der Waals surface area contributed by atoms with Gasteiger partial charge >= 0.3 is 0 Å². The van der Waals surface area contributed by atoms with Gasteiger partial charge in [-0.15, -0.1) is 0 Å². The molecule has 1 heterocycles. The third-order valence-corrected chi connectivity index (χ3v) is 5.44. The summed E-state index contributed by atoms with van der Waals surface area (Å²) >= 11 is 0. The van der Waals surface area contributed by atoms with E-state index in [4.69, 9.17) is 0 Å². The van der Waals surface area contributed by atoms with Gasteiger partial charge in [-0.2, -0.15) is 0 Å². The summed E-state index contributed by atoms with van der Waals surface area (Å²) in [5.74, 6) is 0.178. The number of sulfonamides is 1. The number of β-amino-alcohol motifs (C(OH)–C–C–N with tert-alkyl or cyclic N) is 1. The van der Waals surface area contributed by atoms with E-state index in [1.165, 1.54) is 4.31 Å². The lowest BCUT2D eigenvalue weighted by Crippen LogP contribution is -2.49. The quantitative estimate of drug-likeness (QED) is 0.670. The molecule has 1 saturated heterocycles. The second-order valence-corrected chi connectivity index (χ2v) is 7.61. The topological polar surface area (TPSA) is 64.1 Å². The lowest BCUT2D eigenvalue weighted by molar-refractivity contribution is 0.0729. The van der Waals surface area contributed by atoms with Crippen LogP contribution in [0, 0.1) is 0 Å². The zero-order valence-corrected chi connectivity index (χ0v) is 13.1. The number of piperazine rings is 1. The molecule has 0 saturated carbocycles. The molecule has 1 unspecified atom stereocenters. The van der Waals surface area contributed by atoms with Gasteiger partial charge in [-0.1, -0.05) is 6.92 Å². The second-order valence-electron chi connectivity index (χ2n) is 5.30. The SMILES string of the molecule is CCC(O)CN1CCN(CCS(=O)(=O)N(C)C)CC1. The number of hydrogen-bond donors (Lipinski definition) is 1. The van der Waals surface area contributed by atoms with Crippen molar-refractivity contribution in [1.29, 1.82) is 0 Å². The van der Waals surface area contributed by atoms with Crippen molar-refractivity contribution in [2.75, 3.05) is 59.1 Å². The lowest BCUT2D eigenvalue weighted by Gasteiger charge is -2.35. The summed E-state index contributed by atoms with van der Waals surface area (Å²) < 4.78 is 24.6. The van der Waals surface area contributed by atoms with E-state index in [0.29, 0.717) is 6.54 Å². The third kappa shape index (κ3) is 5.74. The molecule has 1 aliphatic rings. The Morgan fingerprint density at radius 1 is 1.16 bits per heavy atom. The van der Waals surface area contributed by atoms with Gasteiger partial charge in [0.25, 0.3) is 0 Å². The van der Waals surface area contributed by atoms with Crippen LogP contribution in [0.25, 0.3) is 0 Å². The summed E-state index contributed by atoms with van der Waals surface area (Å²) in [4.78, 5) is 4.42. The van der Waals surface area contributed by atoms with Gasteiger partial charge in [-0.05, 0) is 6.42 Å². The van der Waals surface area contributed by atoms with E-state index >= 15 is 0 Å². The van der Waals surface area contributed by atoms with Crippen molar-refractivity contribution >= 4 is 10.0 Å². The van der Waals surface area contributed by atoms with E-state index in [0.717, 1.165) is 39.1 Å². The fourth-order valence-corrected chi connectivity index (χ4v) is 2.90. The van der Waals surface area contributed by atoms with Gasteiger partial charge in [-0.3, -0.25) is 9.80 Å². The first kappa shape index (κ1) is 16.8. The molecule has 0 bridgehead atoms. The fourth-order valence-electron chi connectivity index (χ4n) is 2.05. The van der Waals surface area contributed by atoms with E-state index < -0.39 is 10.0 Å². The number of hydrogen-bond acceptors (Lipinski definition) is 5. The van der Waals surface area contributed by atoms with Gasteiger partial charge in [0.1, 0.15) is 0 Å². The number of rotatable bonds is 7. The van der Waals surface area contributed by atoms with Crippen LogP contribution in [-0.2, 0) is 10.0 Å². The highest BCUT2D eigenvalue weighted by Crippen LogP contribution is 2.05. The summed E-state index contributed by atoms with van der Waals surface area (Å²) in [6.45, 7) is 6.84. The monoisotopic (exact) mass is 293 g/mol. The van der Waals surface area contributed by atoms with Gasteiger partial charge < -0.3 is 5.11 Å². The van der Waals surface area contributed by atoms with Crippen LogP contribution in [0.15, 0.2) is 0 Å². The fraction of sp³-hybridized carbons (Fsp3) is 1.00. The minimum absolute atomic E-state index is 0.178. The Kier molecular flexibility index (Phi) is 6.68. The molecule has 0 aliphatic carbocycles. The largest absolute Gasteiger partial charge is 0.392 e. The van der Waals surface area contributed by atoms with Crippen LogP contribution < -0.4 is 0 Å². The first-order valence-corrected chi connectivity index (χ1v) is 8.49. The molecule has 0 amide bonds. The summed E-state index contributed by atoms with van der Waals surface area (Å²) in [6, 6.07) is 0. The van der Waals surface area contributed by atoms with Crippen LogP contribution in [0.4, 0.5) is 0 Å². The van der Waals surface area contributed by atoms with Crippen LogP contribution in [0.2, 0.25) is 0 Å². The van der Waals surface area contributed by atoms with E-state index in [9.17, 15) is 13.5 Å². The molecule has 1 atom stereocenters. The molecule has 19 heavy (non-hydrogen) atoms. The molecule has 1 N–H and O–H groups in total. The van der Waals surface area contributed by atoms with Gasteiger partial charge in [0, 0.05) is 53.4 Å². The van der Waals surface area contributed by atoms with Gasteiger partial charge in [0.15, 0.2) is 0 Å². The smallest absolute Gasteiger partial charge is 0.214 e. The predicted molar refractivity (Wildman–Crippen MR) is 76.7 cm³/mol. The summed E-state index contributed by atoms with van der Waals surface area (Å²) in [5, 5.41) is 9.61. The Bertz CT molecular complexity index is 351. The zero-order valence-electron chi connectivity index (χ0n) is 12.2. The maximum atomic E-state index is 11.7. The molecule has 0 aromatic rings. The van der Waals surface area contributed by atoms with Crippen molar-refractivity contribution in [3.05, 3.63) is 0 Å². The molecular weight excluding hydrogens is 266 g/mol. The molecule has 1 rings (SSSR count). The molecule has 0 radical (unpaired) electrons. The van der Waals surface area contributed by atoms with Crippen molar-refractivity contribution < 1.29 is 13.5 Å². The average Bonchev–Trinajstić information content (AvgIpc) is 2.37. The highest BCUT2D eigenvalue weighted by molar-refractivity contribution is 7.89. The van der Waals surface area contributed by atoms with Crippen LogP contribution in [0.3, 0.4) is 0 Å². The highest BCUT2D eigenvalue weighted by Gasteiger charge is 2.21. The molecule has 0 aromatic heterocycles. The maximum Gasteiger partial charge on any atom is 0.214 e. The van der Waals surface area contributed by atoms with E-state index in [1.807, 2.05) is 6.92 Å². The van der Waals surface area contributed by atoms with Crippen molar-refractivity contribution in [3.63, 3.8) is 0 Å². The third-order valence-electron chi connectivity index (χ3n) is 3.63. The molecule has 1 aliphatic heterocycles. The standard InChI is InChI=1S/C12H27N3O3S/c1-4-12(16)11-15-7-5-14(6-8-15)9-10-19(17,18)13(2)3/h12,16H,4-11H2,1-3H3. The molecule has 1 fully saturated rings. The molecule has 6 nitrogen and oxygen atoms in total. The number of nitrogens with zero attached hydrogens (tertiary/aromatic N) is 3. The number of aliphatic hydroxyl groups is 1. The van der Waals surface area contributed by atoms with Gasteiger partial charge in [0.05, 0.1) is 11.9 Å². The van der Waals surface area contributed by atoms with Crippen molar-refractivity contribution in [3.8, 4) is 0 Å². The van der Waals surface area contributed by atoms with Crippen molar-refractivity contribution in [1.82, 2.24) is 14.1 Å². The Balaban J connectivity index is 2.27. The van der Waals surface area contributed by atoms with Crippen LogP contribution >= 0.6 is 0 Å². The summed E-state index contributed by atoms with van der Waals surface area (Å²) in [5.41, 5.74) is 0. The van der Waals surface area contributed by atoms with Gasteiger partial charge in [0.2, 0.25) is 10.0 Å². The first-order chi connectivity index (χ1) is 8.85. The van der Waals surface area contributed by atoms with Crippen molar-refractivity contribution in [2.24, 2.45) is 0 Å². The average molecular weight is 293 g/mol. The highest BCUT2D eigenvalue weighted by atomic mass is 32.2. The Morgan fingerprint density at radius 2 is 1.68 bits per heavy atom. The van der Waals surface area contributed by atoms with E-state index in [2.05, 4.69) is 9.80 Å². The second kappa shape index (κ2) is 7.54. The maximum absolute atomic E-state index is 11.7. The van der Waals surface area contributed by atoms with Gasteiger partial charge in [-0.25, -0.2) is 12.7 Å². The lowest BCUT2D eigenvalue weighted by atomic mass is 10.2. The number of aliphatic hydroxyl groups excluding tert-OH is 1. The predicted octanol–water partition coefficient (Wildman–Crippen LogP) is -0.734. The van der Waals surface area contributed by atoms with E-state index in [-0.39, 0.29) is 11.9 Å². The molecule has 0 spiro atoms. The minimum atomic E-state index is -3.10. The Labute approximate surface area is 117 Å². The Morgan fingerprint density at radius 3 is 2.16 bits per heavy atom. The summed E-state index contributed by atoms with van der Waals surface area (Å²) in [6.07, 6.45) is 0.530. The molecule has 7 heteroatoms. The molecule has 114 valence electrons. The molecule has 0 aromatic carbocycles. The van der Waals surface area contributed by atoms with Crippen molar-refractivity contribution in [2.45, 2.75) is 19.4 Å². The Hall–Kier alpha value is -0.210. The zero-order chi connectivity index (χ0) is 14.5. The van der Waals surface area contributed by atoms with Crippen LogP contribution in [-0.4, -0.2) is 92.9 Å². The summed E-state index contributed by atoms with van der Waals surface area (Å²) in [7, 11) is 0.0417. The van der Waals surface area contributed by atoms with Crippen LogP contribution in [0.5, 0.6) is 0 Å². The first-order valence-electron chi connectivity index (χ1n) is 6.88. The minimum Gasteiger partial charge on any atom is -0.392 e. The molecular formula is C12H27N3O3S.